The van der Waals surface area contributed by atoms with E-state index < -0.39 is 101 Å². The van der Waals surface area contributed by atoms with Gasteiger partial charge in [0.05, 0.1) is 46.5 Å². The van der Waals surface area contributed by atoms with Crippen molar-refractivity contribution in [3.8, 4) is 0 Å². The van der Waals surface area contributed by atoms with Crippen LogP contribution in [-0.2, 0) is 44.4 Å². The minimum Gasteiger partial charge on any atom is -0.459 e. The maximum absolute atomic E-state index is 14.3. The molecule has 3 aliphatic heterocycles. The standard InChI is InChI=1S/C49H82N4O15/c1-13-38-49(9,60)42(55)30(5)51(10)25-27(2)23-47(7,59)39(22-37(29(4)45(58)67-38)66-40-24-48(8,63-12)43(56)31(6)65-40)68-46-41(54)36(20-28(3)64-46)52(11)26-33-21-35(33)44(57)50-19-18-32-14-16-34(17-15-32)53(61)62/h14-17,27-31,33,35-43,46,54-56,59-60H,13,18-26H2,1-12H3,(H,50,57)/t27-,28-,29-,30-,31+,33+,35-,36?,37+,38-,39-,40+,41-,42-,43+,46+,47-,48-,49-/m1/s1. The normalized spacial score (nSPS) is 42.4. The summed E-state index contributed by atoms with van der Waals surface area (Å²) in [7, 11) is 5.21. The molecule has 19 heteroatoms. The molecule has 19 nitrogen and oxygen atoms in total. The molecule has 68 heavy (non-hydrogen) atoms. The summed E-state index contributed by atoms with van der Waals surface area (Å²) in [5.74, 6) is -2.18. The third kappa shape index (κ3) is 13.5. The molecule has 1 amide bonds. The van der Waals surface area contributed by atoms with E-state index in [-0.39, 0.29) is 61.1 Å². The monoisotopic (exact) mass is 967 g/mol. The van der Waals surface area contributed by atoms with Gasteiger partial charge in [0.15, 0.2) is 12.6 Å². The summed E-state index contributed by atoms with van der Waals surface area (Å²) in [6.07, 6.45) is -8.04. The Labute approximate surface area is 402 Å². The number of hydrogen-bond donors (Lipinski definition) is 6. The third-order valence-corrected chi connectivity index (χ3v) is 15.4. The van der Waals surface area contributed by atoms with Crippen LogP contribution in [0.3, 0.4) is 0 Å². The number of methoxy groups -OCH3 is 1. The Morgan fingerprint density at radius 3 is 2.26 bits per heavy atom. The number of cyclic esters (lactones) is 1. The molecule has 388 valence electrons. The van der Waals surface area contributed by atoms with Crippen LogP contribution in [-0.4, -0.2) is 183 Å². The van der Waals surface area contributed by atoms with Crippen molar-refractivity contribution < 1.29 is 68.5 Å². The van der Waals surface area contributed by atoms with Gasteiger partial charge in [0.1, 0.15) is 30.0 Å². The Balaban J connectivity index is 1.37. The highest BCUT2D eigenvalue weighted by Gasteiger charge is 2.51. The van der Waals surface area contributed by atoms with Crippen LogP contribution in [0.25, 0.3) is 0 Å². The largest absolute Gasteiger partial charge is 0.459 e. The van der Waals surface area contributed by atoms with Crippen LogP contribution in [0.4, 0.5) is 5.69 Å². The lowest BCUT2D eigenvalue weighted by molar-refractivity contribution is -0.384. The van der Waals surface area contributed by atoms with E-state index >= 15 is 0 Å². The zero-order valence-corrected chi connectivity index (χ0v) is 42.3. The lowest BCUT2D eigenvalue weighted by Gasteiger charge is -2.47. The quantitative estimate of drug-likeness (QED) is 0.0891. The molecule has 4 fully saturated rings. The smallest absolute Gasteiger partial charge is 0.311 e. The lowest BCUT2D eigenvalue weighted by atomic mass is 9.83. The predicted molar refractivity (Wildman–Crippen MR) is 250 cm³/mol. The van der Waals surface area contributed by atoms with Gasteiger partial charge in [-0.05, 0) is 112 Å². The summed E-state index contributed by atoms with van der Waals surface area (Å²) >= 11 is 0. The fraction of sp³-hybridized carbons (Fsp3) is 0.837. The molecular formula is C49H82N4O15. The second-order valence-electron chi connectivity index (χ2n) is 21.2. The van der Waals surface area contributed by atoms with Crippen LogP contribution in [0, 0.1) is 33.8 Å². The molecule has 1 aromatic carbocycles. The van der Waals surface area contributed by atoms with Crippen molar-refractivity contribution >= 4 is 17.6 Å². The van der Waals surface area contributed by atoms with Gasteiger partial charge in [-0.3, -0.25) is 19.7 Å². The van der Waals surface area contributed by atoms with Crippen molar-refractivity contribution in [3.63, 3.8) is 0 Å². The van der Waals surface area contributed by atoms with Gasteiger partial charge in [0, 0.05) is 69.7 Å². The molecule has 1 unspecified atom stereocenters. The van der Waals surface area contributed by atoms with Gasteiger partial charge < -0.3 is 69.1 Å². The van der Waals surface area contributed by atoms with E-state index in [4.69, 9.17) is 28.4 Å². The number of aliphatic hydroxyl groups is 5. The first-order chi connectivity index (χ1) is 31.7. The molecule has 19 atom stereocenters. The number of nitro benzene ring substituents is 1. The number of nitrogens with zero attached hydrogens (tertiary/aromatic N) is 3. The minimum absolute atomic E-state index is 0.0107. The Morgan fingerprint density at radius 2 is 1.65 bits per heavy atom. The molecule has 3 heterocycles. The van der Waals surface area contributed by atoms with Crippen molar-refractivity contribution in [2.45, 2.75) is 198 Å². The molecule has 5 rings (SSSR count). The van der Waals surface area contributed by atoms with Crippen molar-refractivity contribution in [3.05, 3.63) is 39.9 Å². The predicted octanol–water partition coefficient (Wildman–Crippen LogP) is 2.93. The number of likely N-dealkylation sites (N-methyl/N-ethyl adjacent to an activating group) is 2. The van der Waals surface area contributed by atoms with Crippen LogP contribution in [0.1, 0.15) is 106 Å². The number of carbonyl (C=O) groups excluding carboxylic acids is 2. The molecule has 0 bridgehead atoms. The number of aliphatic hydroxyl groups excluding tert-OH is 3. The number of nitro groups is 1. The van der Waals surface area contributed by atoms with Crippen LogP contribution >= 0.6 is 0 Å². The van der Waals surface area contributed by atoms with E-state index in [1.54, 1.807) is 53.7 Å². The van der Waals surface area contributed by atoms with E-state index in [2.05, 4.69) is 5.32 Å². The SMILES string of the molecule is CC[C@H]1OC(=O)[C@H](C)[C@@H](O[C@H]2C[C@@](C)(OC)[C@@H](O)[C@H](C)O2)C[C@@H](O[C@@H]2O[C@H](C)CC(N(C)C[C@@H]3C[C@H]3C(=O)NCCc3ccc([N+](=O)[O-])cc3)[C@H]2O)[C@](C)(O)C[C@@H](C)CN(C)[C@H](C)[C@@H](O)[C@]1(C)O. The summed E-state index contributed by atoms with van der Waals surface area (Å²) in [5, 5.41) is 73.1. The number of nitrogens with one attached hydrogen (secondary N) is 1. The Bertz CT molecular complexity index is 1820. The Morgan fingerprint density at radius 1 is 0.985 bits per heavy atom. The summed E-state index contributed by atoms with van der Waals surface area (Å²) in [6, 6.07) is 5.23. The van der Waals surface area contributed by atoms with E-state index in [0.717, 1.165) is 5.56 Å². The highest BCUT2D eigenvalue weighted by molar-refractivity contribution is 5.81. The van der Waals surface area contributed by atoms with E-state index in [1.165, 1.54) is 26.2 Å². The highest BCUT2D eigenvalue weighted by Crippen LogP contribution is 2.41. The highest BCUT2D eigenvalue weighted by atomic mass is 16.7. The molecular weight excluding hydrogens is 885 g/mol. The number of rotatable bonds is 14. The first kappa shape index (κ1) is 56.0. The van der Waals surface area contributed by atoms with Crippen molar-refractivity contribution in [2.75, 3.05) is 40.8 Å². The molecule has 0 spiro atoms. The zero-order chi connectivity index (χ0) is 50.6. The van der Waals surface area contributed by atoms with E-state index in [1.807, 2.05) is 37.7 Å². The molecule has 1 aliphatic carbocycles. The fourth-order valence-electron chi connectivity index (χ4n) is 10.6. The van der Waals surface area contributed by atoms with Crippen LogP contribution in [0.5, 0.6) is 0 Å². The van der Waals surface area contributed by atoms with E-state index in [9.17, 15) is 45.2 Å². The number of hydrogen-bond acceptors (Lipinski definition) is 17. The van der Waals surface area contributed by atoms with Crippen LogP contribution < -0.4 is 5.32 Å². The fourth-order valence-corrected chi connectivity index (χ4v) is 10.6. The van der Waals surface area contributed by atoms with E-state index in [0.29, 0.717) is 38.9 Å². The van der Waals surface area contributed by atoms with Gasteiger partial charge in [-0.2, -0.15) is 0 Å². The molecule has 4 aliphatic rings. The summed E-state index contributed by atoms with van der Waals surface area (Å²) < 4.78 is 37.8. The topological polar surface area (TPSA) is 252 Å². The average molecular weight is 967 g/mol. The van der Waals surface area contributed by atoms with Crippen molar-refractivity contribution in [1.82, 2.24) is 15.1 Å². The molecule has 1 aromatic rings. The second-order valence-corrected chi connectivity index (χ2v) is 21.2. The number of esters is 1. The number of carbonyl (C=O) groups is 2. The van der Waals surface area contributed by atoms with Gasteiger partial charge in [0.25, 0.3) is 5.69 Å². The van der Waals surface area contributed by atoms with Gasteiger partial charge >= 0.3 is 5.97 Å². The van der Waals surface area contributed by atoms with Gasteiger partial charge in [0.2, 0.25) is 5.91 Å². The number of benzene rings is 1. The lowest BCUT2D eigenvalue weighted by Crippen LogP contribution is -2.59. The summed E-state index contributed by atoms with van der Waals surface area (Å²) in [4.78, 5) is 41.9. The molecule has 6 N–H and O–H groups in total. The Hall–Kier alpha value is -2.92. The van der Waals surface area contributed by atoms with Gasteiger partial charge in [-0.15, -0.1) is 0 Å². The Kier molecular flexibility index (Phi) is 19.0. The van der Waals surface area contributed by atoms with Crippen LogP contribution in [0.15, 0.2) is 24.3 Å². The molecule has 1 saturated carbocycles. The maximum Gasteiger partial charge on any atom is 0.311 e. The zero-order valence-electron chi connectivity index (χ0n) is 42.3. The number of ether oxygens (including phenoxy) is 6. The summed E-state index contributed by atoms with van der Waals surface area (Å²) in [5.41, 5.74) is -3.64. The maximum atomic E-state index is 14.3. The minimum atomic E-state index is -1.84. The van der Waals surface area contributed by atoms with Crippen molar-refractivity contribution in [1.29, 1.82) is 0 Å². The number of non-ortho nitro benzene ring substituents is 1. The van der Waals surface area contributed by atoms with Gasteiger partial charge in [-0.1, -0.05) is 26.0 Å². The first-order valence-corrected chi connectivity index (χ1v) is 24.5. The second kappa shape index (κ2) is 23.1. The molecule has 0 radical (unpaired) electrons. The number of amides is 1. The third-order valence-electron chi connectivity index (χ3n) is 15.4. The first-order valence-electron chi connectivity index (χ1n) is 24.5. The van der Waals surface area contributed by atoms with Gasteiger partial charge in [-0.25, -0.2) is 0 Å². The van der Waals surface area contributed by atoms with Crippen molar-refractivity contribution in [2.24, 2.45) is 23.7 Å². The average Bonchev–Trinajstić information content (AvgIpc) is 4.05. The molecule has 3 saturated heterocycles. The van der Waals surface area contributed by atoms with Crippen LogP contribution in [0.2, 0.25) is 0 Å². The summed E-state index contributed by atoms with van der Waals surface area (Å²) in [6.45, 7) is 16.9. The molecule has 0 aromatic heterocycles.